The lowest BCUT2D eigenvalue weighted by molar-refractivity contribution is 0.232. The van der Waals surface area contributed by atoms with E-state index in [-0.39, 0.29) is 11.6 Å². The lowest BCUT2D eigenvalue weighted by atomic mass is 10.0. The van der Waals surface area contributed by atoms with E-state index in [1.807, 2.05) is 20.8 Å². The Bertz CT molecular complexity index is 362. The molecule has 0 radical (unpaired) electrons. The fourth-order valence-electron chi connectivity index (χ4n) is 1.37. The van der Waals surface area contributed by atoms with E-state index in [2.05, 4.69) is 15.3 Å². The van der Waals surface area contributed by atoms with Crippen molar-refractivity contribution in [3.05, 3.63) is 12.4 Å². The van der Waals surface area contributed by atoms with E-state index in [1.54, 1.807) is 6.07 Å². The molecule has 0 unspecified atom stereocenters. The van der Waals surface area contributed by atoms with Crippen LogP contribution in [0.15, 0.2) is 12.4 Å². The SMILES string of the molecule is CCC(CCl)(CCl)Nc1cc(OC(C)C)ncn1. The minimum atomic E-state index is -0.355. The Morgan fingerprint density at radius 3 is 2.50 bits per heavy atom. The molecule has 1 rings (SSSR count). The molecule has 0 saturated carbocycles. The van der Waals surface area contributed by atoms with Gasteiger partial charge in [-0.15, -0.1) is 23.2 Å². The van der Waals surface area contributed by atoms with E-state index in [4.69, 9.17) is 27.9 Å². The molecule has 1 aromatic rings. The van der Waals surface area contributed by atoms with Crippen LogP contribution in [-0.4, -0.2) is 33.4 Å². The van der Waals surface area contributed by atoms with Gasteiger partial charge in [-0.3, -0.25) is 0 Å². The van der Waals surface area contributed by atoms with Crippen LogP contribution < -0.4 is 10.1 Å². The number of ether oxygens (including phenoxy) is 1. The van der Waals surface area contributed by atoms with E-state index < -0.39 is 0 Å². The number of hydrogen-bond donors (Lipinski definition) is 1. The van der Waals surface area contributed by atoms with Gasteiger partial charge in [0.05, 0.1) is 11.6 Å². The fourth-order valence-corrected chi connectivity index (χ4v) is 2.16. The lowest BCUT2D eigenvalue weighted by Crippen LogP contribution is -2.42. The molecule has 102 valence electrons. The van der Waals surface area contributed by atoms with Crippen LogP contribution in [0.4, 0.5) is 5.82 Å². The maximum Gasteiger partial charge on any atom is 0.218 e. The van der Waals surface area contributed by atoms with Gasteiger partial charge in [0.2, 0.25) is 5.88 Å². The second-order valence-corrected chi connectivity index (χ2v) is 4.97. The Balaban J connectivity index is 2.83. The lowest BCUT2D eigenvalue weighted by Gasteiger charge is -2.30. The first-order chi connectivity index (χ1) is 8.55. The predicted molar refractivity (Wildman–Crippen MR) is 75.9 cm³/mol. The molecule has 0 aliphatic rings. The molecule has 0 amide bonds. The second kappa shape index (κ2) is 7.00. The molecule has 1 N–H and O–H groups in total. The number of anilines is 1. The van der Waals surface area contributed by atoms with Gasteiger partial charge in [0, 0.05) is 17.8 Å². The van der Waals surface area contributed by atoms with E-state index in [9.17, 15) is 0 Å². The van der Waals surface area contributed by atoms with Gasteiger partial charge in [-0.2, -0.15) is 0 Å². The summed E-state index contributed by atoms with van der Waals surface area (Å²) in [6.07, 6.45) is 2.34. The minimum Gasteiger partial charge on any atom is -0.475 e. The molecule has 1 aromatic heterocycles. The number of aromatic nitrogens is 2. The van der Waals surface area contributed by atoms with Crippen LogP contribution in [0.1, 0.15) is 27.2 Å². The standard InChI is InChI=1S/C12H19Cl2N3O/c1-4-12(6-13,7-14)17-10-5-11(16-8-15-10)18-9(2)3/h5,8-9H,4,6-7H2,1-3H3,(H,15,16,17). The topological polar surface area (TPSA) is 47.0 Å². The van der Waals surface area contributed by atoms with Crippen molar-refractivity contribution < 1.29 is 4.74 Å². The number of rotatable bonds is 7. The van der Waals surface area contributed by atoms with Gasteiger partial charge in [0.15, 0.2) is 0 Å². The van der Waals surface area contributed by atoms with E-state index in [1.165, 1.54) is 6.33 Å². The molecule has 0 aliphatic carbocycles. The van der Waals surface area contributed by atoms with Crippen molar-refractivity contribution in [3.8, 4) is 5.88 Å². The summed E-state index contributed by atoms with van der Waals surface area (Å²) in [5.74, 6) is 2.04. The van der Waals surface area contributed by atoms with Crippen LogP contribution in [-0.2, 0) is 0 Å². The van der Waals surface area contributed by atoms with Gasteiger partial charge in [0.25, 0.3) is 0 Å². The molecule has 0 aliphatic heterocycles. The van der Waals surface area contributed by atoms with Crippen molar-refractivity contribution in [3.63, 3.8) is 0 Å². The zero-order valence-corrected chi connectivity index (χ0v) is 12.4. The van der Waals surface area contributed by atoms with Gasteiger partial charge >= 0.3 is 0 Å². The summed E-state index contributed by atoms with van der Waals surface area (Å²) in [6, 6.07) is 1.75. The second-order valence-electron chi connectivity index (χ2n) is 4.43. The predicted octanol–water partition coefficient (Wildman–Crippen LogP) is 3.30. The molecule has 18 heavy (non-hydrogen) atoms. The quantitative estimate of drug-likeness (QED) is 0.783. The van der Waals surface area contributed by atoms with Crippen LogP contribution in [0.2, 0.25) is 0 Å². The first-order valence-corrected chi connectivity index (χ1v) is 7.01. The molecular formula is C12H19Cl2N3O. The molecular weight excluding hydrogens is 273 g/mol. The average Bonchev–Trinajstić information content (AvgIpc) is 2.36. The Hall–Kier alpha value is -0.740. The zero-order valence-electron chi connectivity index (χ0n) is 10.9. The summed E-state index contributed by atoms with van der Waals surface area (Å²) in [7, 11) is 0. The fraction of sp³-hybridized carbons (Fsp3) is 0.667. The molecule has 0 aromatic carbocycles. The summed E-state index contributed by atoms with van der Waals surface area (Å²) in [5, 5.41) is 3.26. The third kappa shape index (κ3) is 4.18. The highest BCUT2D eigenvalue weighted by Gasteiger charge is 2.26. The van der Waals surface area contributed by atoms with Crippen molar-refractivity contribution in [2.75, 3.05) is 17.1 Å². The summed E-state index contributed by atoms with van der Waals surface area (Å²) in [4.78, 5) is 8.20. The van der Waals surface area contributed by atoms with Crippen molar-refractivity contribution in [1.82, 2.24) is 9.97 Å². The highest BCUT2D eigenvalue weighted by Crippen LogP contribution is 2.22. The Morgan fingerprint density at radius 1 is 1.33 bits per heavy atom. The zero-order chi connectivity index (χ0) is 13.6. The van der Waals surface area contributed by atoms with E-state index in [0.29, 0.717) is 23.5 Å². The van der Waals surface area contributed by atoms with Crippen molar-refractivity contribution >= 4 is 29.0 Å². The van der Waals surface area contributed by atoms with Gasteiger partial charge in [-0.05, 0) is 20.3 Å². The summed E-state index contributed by atoms with van der Waals surface area (Å²) in [5.41, 5.74) is -0.355. The number of alkyl halides is 2. The van der Waals surface area contributed by atoms with Crippen molar-refractivity contribution in [2.24, 2.45) is 0 Å². The number of hydrogen-bond acceptors (Lipinski definition) is 4. The van der Waals surface area contributed by atoms with E-state index in [0.717, 1.165) is 6.42 Å². The summed E-state index contributed by atoms with van der Waals surface area (Å²) < 4.78 is 5.51. The summed E-state index contributed by atoms with van der Waals surface area (Å²) >= 11 is 12.0. The Labute approximate surface area is 118 Å². The number of nitrogens with zero attached hydrogens (tertiary/aromatic N) is 2. The van der Waals surface area contributed by atoms with Gasteiger partial charge in [-0.1, -0.05) is 6.92 Å². The smallest absolute Gasteiger partial charge is 0.218 e. The number of nitrogens with one attached hydrogen (secondary N) is 1. The molecule has 0 bridgehead atoms. The monoisotopic (exact) mass is 291 g/mol. The molecule has 0 spiro atoms. The first kappa shape index (κ1) is 15.3. The third-order valence-corrected chi connectivity index (χ3v) is 3.60. The van der Waals surface area contributed by atoms with Crippen LogP contribution >= 0.6 is 23.2 Å². The molecule has 6 heteroatoms. The first-order valence-electron chi connectivity index (χ1n) is 5.94. The van der Waals surface area contributed by atoms with Crippen molar-refractivity contribution in [1.29, 1.82) is 0 Å². The highest BCUT2D eigenvalue weighted by molar-refractivity contribution is 6.22. The largest absolute Gasteiger partial charge is 0.475 e. The van der Waals surface area contributed by atoms with Gasteiger partial charge < -0.3 is 10.1 Å². The molecule has 0 fully saturated rings. The Morgan fingerprint density at radius 2 is 2.00 bits per heavy atom. The molecule has 0 atom stereocenters. The van der Waals surface area contributed by atoms with Crippen LogP contribution in [0.25, 0.3) is 0 Å². The number of halogens is 2. The van der Waals surface area contributed by atoms with Crippen molar-refractivity contribution in [2.45, 2.75) is 38.8 Å². The average molecular weight is 292 g/mol. The third-order valence-electron chi connectivity index (χ3n) is 2.58. The maximum atomic E-state index is 5.98. The Kier molecular flexibility index (Phi) is 5.96. The highest BCUT2D eigenvalue weighted by atomic mass is 35.5. The molecule has 1 heterocycles. The minimum absolute atomic E-state index is 0.0738. The van der Waals surface area contributed by atoms with Gasteiger partial charge in [0.1, 0.15) is 12.1 Å². The molecule has 0 saturated heterocycles. The molecule has 4 nitrogen and oxygen atoms in total. The summed E-state index contributed by atoms with van der Waals surface area (Å²) in [6.45, 7) is 5.93. The van der Waals surface area contributed by atoms with Gasteiger partial charge in [-0.25, -0.2) is 9.97 Å². The van der Waals surface area contributed by atoms with Crippen LogP contribution in [0, 0.1) is 0 Å². The maximum absolute atomic E-state index is 5.98. The van der Waals surface area contributed by atoms with E-state index >= 15 is 0 Å². The normalized spacial score (nSPS) is 11.7. The van der Waals surface area contributed by atoms with Crippen LogP contribution in [0.3, 0.4) is 0 Å². The van der Waals surface area contributed by atoms with Crippen LogP contribution in [0.5, 0.6) is 5.88 Å².